The molecule has 2 aromatic heterocycles. The topological polar surface area (TPSA) is 42.5 Å². The Bertz CT molecular complexity index is 2900. The zero-order chi connectivity index (χ0) is 34.6. The number of aromatic nitrogens is 2. The molecule has 0 saturated heterocycles. The highest BCUT2D eigenvalue weighted by Gasteiger charge is 2.21. The van der Waals surface area contributed by atoms with Crippen LogP contribution in [0.2, 0.25) is 0 Å². The van der Waals surface area contributed by atoms with Crippen molar-refractivity contribution in [2.75, 3.05) is 0 Å². The van der Waals surface area contributed by atoms with Gasteiger partial charge in [0.2, 0.25) is 5.96 Å². The van der Waals surface area contributed by atoms with E-state index in [0.717, 1.165) is 68.4 Å². The van der Waals surface area contributed by atoms with E-state index in [2.05, 4.69) is 169 Å². The van der Waals surface area contributed by atoms with E-state index >= 15 is 0 Å². The molecule has 0 aliphatic carbocycles. The number of nitrogens with zero attached hydrogens (tertiary/aromatic N) is 4. The van der Waals surface area contributed by atoms with Gasteiger partial charge in [-0.1, -0.05) is 133 Å². The molecule has 0 spiro atoms. The molecule has 1 aliphatic heterocycles. The fourth-order valence-electron chi connectivity index (χ4n) is 7.97. The number of para-hydroxylation sites is 2. The maximum atomic E-state index is 5.61. The van der Waals surface area contributed by atoms with Crippen molar-refractivity contribution < 1.29 is 0 Å². The molecule has 7 aromatic carbocycles. The van der Waals surface area contributed by atoms with Gasteiger partial charge in [-0.15, -0.1) is 0 Å². The summed E-state index contributed by atoms with van der Waals surface area (Å²) >= 11 is 0. The lowest BCUT2D eigenvalue weighted by Gasteiger charge is -2.19. The summed E-state index contributed by atoms with van der Waals surface area (Å²) in [4.78, 5) is 15.9. The molecular formula is C48H34N4. The largest absolute Gasteiger partial charge is 0.278 e. The summed E-state index contributed by atoms with van der Waals surface area (Å²) in [7, 11) is 0. The van der Waals surface area contributed by atoms with Crippen LogP contribution in [0.3, 0.4) is 0 Å². The highest BCUT2D eigenvalue weighted by atomic mass is 15.2. The Kier molecular flexibility index (Phi) is 7.14. The molecule has 4 nitrogen and oxygen atoms in total. The number of hydrogen-bond donors (Lipinski definition) is 0. The average Bonchev–Trinajstić information content (AvgIpc) is 3.54. The van der Waals surface area contributed by atoms with Gasteiger partial charge in [0.25, 0.3) is 0 Å². The minimum absolute atomic E-state index is 0.669. The van der Waals surface area contributed by atoms with Crippen LogP contribution in [0, 0.1) is 0 Å². The normalized spacial score (nSPS) is 17.2. The number of fused-ring (bicyclic) bond motifs is 8. The number of allylic oxidation sites excluding steroid dienone is 1. The zero-order valence-corrected chi connectivity index (χ0v) is 28.8. The SMILES string of the molecule is C\C1=C(c2ccccc2-c2ccc3ccc4ncc5ccccc5c4c3c2)/N=C(n2c3ccccc3c3ccccc32)\N=C(\c2ccccc2)CC1. The molecule has 0 fully saturated rings. The van der Waals surface area contributed by atoms with Crippen molar-refractivity contribution in [3.05, 3.63) is 181 Å². The molecule has 0 bridgehead atoms. The smallest absolute Gasteiger partial charge is 0.235 e. The van der Waals surface area contributed by atoms with Crippen LogP contribution in [0.4, 0.5) is 0 Å². The van der Waals surface area contributed by atoms with Crippen LogP contribution in [0.1, 0.15) is 30.9 Å². The van der Waals surface area contributed by atoms with Crippen molar-refractivity contribution in [3.8, 4) is 11.1 Å². The zero-order valence-electron chi connectivity index (χ0n) is 28.8. The van der Waals surface area contributed by atoms with Crippen molar-refractivity contribution in [3.63, 3.8) is 0 Å². The fraction of sp³-hybridized carbons (Fsp3) is 0.0625. The van der Waals surface area contributed by atoms with Gasteiger partial charge in [0, 0.05) is 33.3 Å². The monoisotopic (exact) mass is 666 g/mol. The summed E-state index contributed by atoms with van der Waals surface area (Å²) in [5.74, 6) is 0.669. The van der Waals surface area contributed by atoms with Crippen LogP contribution in [0.25, 0.3) is 71.1 Å². The van der Waals surface area contributed by atoms with Crippen LogP contribution < -0.4 is 0 Å². The third-order valence-corrected chi connectivity index (χ3v) is 10.5. The first-order valence-electron chi connectivity index (χ1n) is 17.9. The molecule has 1 aliphatic rings. The van der Waals surface area contributed by atoms with Crippen molar-refractivity contribution in [1.82, 2.24) is 9.55 Å². The highest BCUT2D eigenvalue weighted by molar-refractivity contribution is 6.20. The van der Waals surface area contributed by atoms with Crippen molar-refractivity contribution in [1.29, 1.82) is 0 Å². The lowest BCUT2D eigenvalue weighted by atomic mass is 9.91. The molecule has 9 aromatic rings. The molecule has 0 atom stereocenters. The van der Waals surface area contributed by atoms with E-state index in [1.807, 2.05) is 6.20 Å². The van der Waals surface area contributed by atoms with Crippen LogP contribution in [-0.4, -0.2) is 21.2 Å². The first-order valence-corrected chi connectivity index (χ1v) is 17.9. The van der Waals surface area contributed by atoms with E-state index in [4.69, 9.17) is 15.0 Å². The second kappa shape index (κ2) is 12.3. The predicted octanol–water partition coefficient (Wildman–Crippen LogP) is 12.2. The average molecular weight is 667 g/mol. The van der Waals surface area contributed by atoms with E-state index in [1.54, 1.807) is 0 Å². The van der Waals surface area contributed by atoms with Gasteiger partial charge in [0.15, 0.2) is 0 Å². The number of pyridine rings is 1. The second-order valence-corrected chi connectivity index (χ2v) is 13.6. The minimum atomic E-state index is 0.669. The molecule has 0 amide bonds. The van der Waals surface area contributed by atoms with Crippen molar-refractivity contribution in [2.45, 2.75) is 19.8 Å². The van der Waals surface area contributed by atoms with Gasteiger partial charge >= 0.3 is 0 Å². The molecule has 0 saturated carbocycles. The Morgan fingerprint density at radius 3 is 1.94 bits per heavy atom. The first kappa shape index (κ1) is 30.2. The Morgan fingerprint density at radius 2 is 1.15 bits per heavy atom. The number of benzene rings is 7. The maximum absolute atomic E-state index is 5.61. The third-order valence-electron chi connectivity index (χ3n) is 10.5. The summed E-state index contributed by atoms with van der Waals surface area (Å²) in [6.45, 7) is 2.23. The highest BCUT2D eigenvalue weighted by Crippen LogP contribution is 2.38. The van der Waals surface area contributed by atoms with Gasteiger partial charge in [0.05, 0.1) is 28.0 Å². The lowest BCUT2D eigenvalue weighted by Crippen LogP contribution is -2.16. The second-order valence-electron chi connectivity index (χ2n) is 13.6. The van der Waals surface area contributed by atoms with E-state index in [9.17, 15) is 0 Å². The summed E-state index contributed by atoms with van der Waals surface area (Å²) in [6.07, 6.45) is 3.63. The van der Waals surface area contributed by atoms with E-state index in [1.165, 1.54) is 37.9 Å². The van der Waals surface area contributed by atoms with Gasteiger partial charge in [0.1, 0.15) is 0 Å². The molecule has 0 radical (unpaired) electrons. The van der Waals surface area contributed by atoms with Gasteiger partial charge in [-0.05, 0) is 82.5 Å². The molecular weight excluding hydrogens is 633 g/mol. The Morgan fingerprint density at radius 1 is 0.500 bits per heavy atom. The predicted molar refractivity (Wildman–Crippen MR) is 219 cm³/mol. The molecule has 0 unspecified atom stereocenters. The molecule has 10 rings (SSSR count). The number of aliphatic imine (C=N–C) groups is 2. The molecule has 3 heterocycles. The fourth-order valence-corrected chi connectivity index (χ4v) is 7.97. The van der Waals surface area contributed by atoms with Gasteiger partial charge in [-0.3, -0.25) is 9.55 Å². The Balaban J connectivity index is 1.22. The number of rotatable bonds is 3. The minimum Gasteiger partial charge on any atom is -0.278 e. The van der Waals surface area contributed by atoms with Gasteiger partial charge in [-0.2, -0.15) is 0 Å². The van der Waals surface area contributed by atoms with E-state index in [0.29, 0.717) is 5.96 Å². The van der Waals surface area contributed by atoms with Crippen molar-refractivity contribution in [2.24, 2.45) is 9.98 Å². The van der Waals surface area contributed by atoms with Crippen LogP contribution in [0.5, 0.6) is 0 Å². The van der Waals surface area contributed by atoms with E-state index < -0.39 is 0 Å². The Labute approximate surface area is 301 Å². The summed E-state index contributed by atoms with van der Waals surface area (Å²) < 4.78 is 2.25. The third kappa shape index (κ3) is 4.95. The molecule has 4 heteroatoms. The summed E-state index contributed by atoms with van der Waals surface area (Å²) in [6, 6.07) is 56.1. The summed E-state index contributed by atoms with van der Waals surface area (Å²) in [5, 5.41) is 8.32. The van der Waals surface area contributed by atoms with Crippen LogP contribution >= 0.6 is 0 Å². The lowest BCUT2D eigenvalue weighted by molar-refractivity contribution is 0.998. The van der Waals surface area contributed by atoms with Crippen LogP contribution in [-0.2, 0) is 0 Å². The van der Waals surface area contributed by atoms with Gasteiger partial charge < -0.3 is 0 Å². The maximum Gasteiger partial charge on any atom is 0.235 e. The van der Waals surface area contributed by atoms with Crippen molar-refractivity contribution >= 4 is 71.6 Å². The van der Waals surface area contributed by atoms with Crippen LogP contribution in [0.15, 0.2) is 179 Å². The Hall–Kier alpha value is -6.65. The standard InChI is InChI=1S/C48H34N4/c1-31-23-27-42(33-13-3-2-4-14-33)50-48(52-44-21-11-9-18-38(44)39-19-10-12-22-45(39)52)51-47(31)40-20-8-7-16-36(40)34-25-24-32-26-28-43-46(41(32)29-34)37-17-6-5-15-35(37)30-49-43/h2-22,24-26,28-30H,23,27H2,1H3/b47-31+,50-42+,51-48+. The molecule has 52 heavy (non-hydrogen) atoms. The first-order chi connectivity index (χ1) is 25.7. The quantitative estimate of drug-likeness (QED) is 0.173. The molecule has 0 N–H and O–H groups in total. The van der Waals surface area contributed by atoms with Gasteiger partial charge in [-0.25, -0.2) is 9.98 Å². The molecule has 246 valence electrons. The summed E-state index contributed by atoms with van der Waals surface area (Å²) in [5.41, 5.74) is 10.9. The van der Waals surface area contributed by atoms with E-state index in [-0.39, 0.29) is 0 Å². The number of hydrogen-bond acceptors (Lipinski definition) is 3.